The van der Waals surface area contributed by atoms with Crippen LogP contribution >= 0.6 is 0 Å². The van der Waals surface area contributed by atoms with Crippen LogP contribution < -0.4 is 11.5 Å². The molecule has 2 heterocycles. The van der Waals surface area contributed by atoms with Gasteiger partial charge < -0.3 is 16.0 Å². The van der Waals surface area contributed by atoms with Crippen molar-refractivity contribution in [3.05, 3.63) is 17.5 Å². The molecule has 10 nitrogen and oxygen atoms in total. The highest BCUT2D eigenvalue weighted by molar-refractivity contribution is 7.80. The van der Waals surface area contributed by atoms with Crippen molar-refractivity contribution in [2.24, 2.45) is 11.5 Å². The van der Waals surface area contributed by atoms with E-state index in [1.165, 1.54) is 0 Å². The van der Waals surface area contributed by atoms with Gasteiger partial charge in [-0.15, -0.1) is 4.28 Å². The first-order valence-corrected chi connectivity index (χ1v) is 8.07. The monoisotopic (exact) mass is 334 g/mol. The predicted octanol–water partition coefficient (Wildman–Crippen LogP) is -0.361. The molecule has 1 aromatic rings. The van der Waals surface area contributed by atoms with Crippen LogP contribution in [0, 0.1) is 0 Å². The van der Waals surface area contributed by atoms with E-state index in [4.69, 9.17) is 20.5 Å². The summed E-state index contributed by atoms with van der Waals surface area (Å²) in [5.74, 6) is 0.0147. The zero-order valence-electron chi connectivity index (χ0n) is 11.7. The van der Waals surface area contributed by atoms with Gasteiger partial charge in [-0.2, -0.15) is 13.5 Å². The molecule has 0 saturated carbocycles. The molecule has 124 valence electrons. The topological polar surface area (TPSA) is 162 Å². The summed E-state index contributed by atoms with van der Waals surface area (Å²) < 4.78 is 39.5. The van der Waals surface area contributed by atoms with Crippen LogP contribution in [0.2, 0.25) is 0 Å². The van der Waals surface area contributed by atoms with Crippen LogP contribution in [0.1, 0.15) is 43.2 Å². The van der Waals surface area contributed by atoms with Crippen LogP contribution in [0.5, 0.6) is 0 Å². The van der Waals surface area contributed by atoms with Crippen molar-refractivity contribution >= 4 is 16.3 Å². The van der Waals surface area contributed by atoms with Crippen LogP contribution in [-0.2, 0) is 26.0 Å². The van der Waals surface area contributed by atoms with Gasteiger partial charge in [0.25, 0.3) is 0 Å². The summed E-state index contributed by atoms with van der Waals surface area (Å²) in [5, 5.41) is 4.49. The number of amides is 1. The van der Waals surface area contributed by atoms with Crippen molar-refractivity contribution < 1.29 is 26.6 Å². The molecule has 1 amide bonds. The second-order valence-electron chi connectivity index (χ2n) is 5.02. The van der Waals surface area contributed by atoms with E-state index in [-0.39, 0.29) is 13.0 Å². The Labute approximate surface area is 127 Å². The van der Waals surface area contributed by atoms with E-state index in [0.717, 1.165) is 0 Å². The van der Waals surface area contributed by atoms with Gasteiger partial charge in [0.05, 0.1) is 18.6 Å². The van der Waals surface area contributed by atoms with Gasteiger partial charge in [-0.25, -0.2) is 0 Å². The van der Waals surface area contributed by atoms with E-state index >= 15 is 0 Å². The third-order valence-electron chi connectivity index (χ3n) is 3.41. The van der Waals surface area contributed by atoms with Crippen molar-refractivity contribution in [3.8, 4) is 0 Å². The van der Waals surface area contributed by atoms with Gasteiger partial charge in [-0.3, -0.25) is 9.35 Å². The quantitative estimate of drug-likeness (QED) is 0.565. The highest BCUT2D eigenvalue weighted by Crippen LogP contribution is 2.26. The first-order valence-electron chi connectivity index (χ1n) is 6.70. The van der Waals surface area contributed by atoms with E-state index in [1.807, 2.05) is 0 Å². The lowest BCUT2D eigenvalue weighted by atomic mass is 10.0. The minimum atomic E-state index is -4.73. The van der Waals surface area contributed by atoms with Gasteiger partial charge in [0, 0.05) is 12.5 Å². The number of nitrogens with zero attached hydrogens (tertiary/aromatic N) is 2. The maximum atomic E-state index is 11.6. The molecular weight excluding hydrogens is 316 g/mol. The number of aromatic nitrogens is 1. The van der Waals surface area contributed by atoms with Crippen LogP contribution in [0.3, 0.4) is 0 Å². The fraction of sp³-hybridized carbons (Fsp3) is 0.636. The predicted molar refractivity (Wildman–Crippen MR) is 73.1 cm³/mol. The SMILES string of the molecule is NCc1cc([C@@H](N)CC[C@@H]2CCC(=O)N2OS(=O)(=O)O)no1. The van der Waals surface area contributed by atoms with Gasteiger partial charge in [-0.05, 0) is 19.3 Å². The van der Waals surface area contributed by atoms with Crippen molar-refractivity contribution in [1.29, 1.82) is 0 Å². The second-order valence-corrected chi connectivity index (χ2v) is 6.02. The first-order chi connectivity index (χ1) is 10.3. The molecule has 11 heteroatoms. The van der Waals surface area contributed by atoms with Crippen LogP contribution in [-0.4, -0.2) is 35.1 Å². The summed E-state index contributed by atoms with van der Waals surface area (Å²) in [6, 6.07) is 0.741. The number of carbonyl (C=O) groups is 1. The van der Waals surface area contributed by atoms with E-state index < -0.39 is 28.4 Å². The molecule has 2 rings (SSSR count). The zero-order valence-corrected chi connectivity index (χ0v) is 12.5. The Morgan fingerprint density at radius 3 is 2.91 bits per heavy atom. The molecule has 22 heavy (non-hydrogen) atoms. The van der Waals surface area contributed by atoms with E-state index in [2.05, 4.69) is 9.44 Å². The van der Waals surface area contributed by atoms with Gasteiger partial charge >= 0.3 is 10.4 Å². The highest BCUT2D eigenvalue weighted by Gasteiger charge is 2.35. The Bertz CT molecular complexity index is 630. The maximum absolute atomic E-state index is 11.6. The Morgan fingerprint density at radius 2 is 2.32 bits per heavy atom. The number of hydrogen-bond donors (Lipinski definition) is 3. The number of hydroxylamine groups is 2. The van der Waals surface area contributed by atoms with E-state index in [0.29, 0.717) is 35.8 Å². The molecule has 1 aliphatic rings. The number of carbonyl (C=O) groups excluding carboxylic acids is 1. The summed E-state index contributed by atoms with van der Waals surface area (Å²) >= 11 is 0. The minimum Gasteiger partial charge on any atom is -0.360 e. The molecule has 1 aromatic heterocycles. The molecule has 1 fully saturated rings. The molecule has 5 N–H and O–H groups in total. The molecule has 0 aliphatic carbocycles. The third-order valence-corrected chi connectivity index (χ3v) is 3.76. The van der Waals surface area contributed by atoms with Crippen LogP contribution in [0.15, 0.2) is 10.6 Å². The average Bonchev–Trinajstić information content (AvgIpc) is 3.04. The van der Waals surface area contributed by atoms with Gasteiger partial charge in [0.15, 0.2) is 5.76 Å². The van der Waals surface area contributed by atoms with Gasteiger partial charge in [-0.1, -0.05) is 5.16 Å². The van der Waals surface area contributed by atoms with E-state index in [9.17, 15) is 13.2 Å². The Kier molecular flexibility index (Phi) is 5.13. The minimum absolute atomic E-state index is 0.150. The summed E-state index contributed by atoms with van der Waals surface area (Å²) in [6.07, 6.45) is 1.40. The van der Waals surface area contributed by atoms with Crippen molar-refractivity contribution in [2.75, 3.05) is 0 Å². The summed E-state index contributed by atoms with van der Waals surface area (Å²) in [6.45, 7) is 0.215. The smallest absolute Gasteiger partial charge is 0.360 e. The standard InChI is InChI=1S/C11H18N4O6S/c12-6-8-5-10(14-20-8)9(13)3-1-7-2-4-11(16)15(7)21-22(17,18)19/h5,7,9H,1-4,6,12-13H2,(H,17,18,19)/t7-,9+/m1/s1. The molecular formula is C11H18N4O6S. The number of hydrogen-bond acceptors (Lipinski definition) is 8. The molecule has 0 bridgehead atoms. The fourth-order valence-electron chi connectivity index (χ4n) is 2.31. The summed E-state index contributed by atoms with van der Waals surface area (Å²) in [5.41, 5.74) is 11.9. The molecule has 2 atom stereocenters. The van der Waals surface area contributed by atoms with Gasteiger partial charge in [0.2, 0.25) is 5.91 Å². The van der Waals surface area contributed by atoms with Gasteiger partial charge in [0.1, 0.15) is 5.69 Å². The Morgan fingerprint density at radius 1 is 1.59 bits per heavy atom. The van der Waals surface area contributed by atoms with Crippen molar-refractivity contribution in [2.45, 2.75) is 44.3 Å². The molecule has 1 aliphatic heterocycles. The Hall–Kier alpha value is -1.53. The highest BCUT2D eigenvalue weighted by atomic mass is 32.3. The number of nitrogens with two attached hydrogens (primary N) is 2. The van der Waals surface area contributed by atoms with Crippen molar-refractivity contribution in [1.82, 2.24) is 10.2 Å². The fourth-order valence-corrected chi connectivity index (χ4v) is 2.71. The lowest BCUT2D eigenvalue weighted by molar-refractivity contribution is -0.157. The zero-order chi connectivity index (χ0) is 16.3. The second kappa shape index (κ2) is 6.71. The van der Waals surface area contributed by atoms with Crippen LogP contribution in [0.25, 0.3) is 0 Å². The molecule has 0 unspecified atom stereocenters. The first kappa shape index (κ1) is 16.8. The molecule has 1 saturated heterocycles. The van der Waals surface area contributed by atoms with Crippen LogP contribution in [0.4, 0.5) is 0 Å². The maximum Gasteiger partial charge on any atom is 0.418 e. The lowest BCUT2D eigenvalue weighted by Crippen LogP contribution is -2.35. The molecule has 0 aromatic carbocycles. The van der Waals surface area contributed by atoms with E-state index in [1.54, 1.807) is 6.07 Å². The summed E-state index contributed by atoms with van der Waals surface area (Å²) in [7, 11) is -4.73. The third kappa shape index (κ3) is 4.24. The normalized spacial score (nSPS) is 20.6. The molecule has 0 spiro atoms. The largest absolute Gasteiger partial charge is 0.418 e. The average molecular weight is 334 g/mol. The molecule has 0 radical (unpaired) electrons. The Balaban J connectivity index is 1.93. The summed E-state index contributed by atoms with van der Waals surface area (Å²) in [4.78, 5) is 11.6. The van der Waals surface area contributed by atoms with Crippen molar-refractivity contribution in [3.63, 3.8) is 0 Å². The lowest BCUT2D eigenvalue weighted by Gasteiger charge is -2.22. The number of rotatable bonds is 7.